The fourth-order valence-electron chi connectivity index (χ4n) is 2.14. The van der Waals surface area contributed by atoms with Crippen molar-refractivity contribution in [2.75, 3.05) is 0 Å². The molecule has 0 amide bonds. The highest BCUT2D eigenvalue weighted by atomic mass is 79.9. The Kier molecular flexibility index (Phi) is 4.63. The van der Waals surface area contributed by atoms with Gasteiger partial charge in [0.15, 0.2) is 0 Å². The van der Waals surface area contributed by atoms with Gasteiger partial charge in [0.2, 0.25) is 0 Å². The maximum Gasteiger partial charge on any atom is 0.129 e. The van der Waals surface area contributed by atoms with Gasteiger partial charge in [0, 0.05) is 15.6 Å². The van der Waals surface area contributed by atoms with Gasteiger partial charge < -0.3 is 10.5 Å². The van der Waals surface area contributed by atoms with Crippen molar-refractivity contribution in [2.45, 2.75) is 20.5 Å². The third-order valence-corrected chi connectivity index (χ3v) is 3.64. The first-order chi connectivity index (χ1) is 9.88. The van der Waals surface area contributed by atoms with E-state index in [-0.39, 0.29) is 18.3 Å². The summed E-state index contributed by atoms with van der Waals surface area (Å²) in [5.41, 5.74) is 8.38. The third kappa shape index (κ3) is 3.61. The molecule has 0 heterocycles. The molecule has 3 N–H and O–H groups in total. The molecule has 0 unspecified atom stereocenters. The van der Waals surface area contributed by atoms with E-state index in [0.717, 1.165) is 15.6 Å². The molecule has 21 heavy (non-hydrogen) atoms. The molecule has 0 aliphatic rings. The molecule has 0 fully saturated rings. The van der Waals surface area contributed by atoms with Gasteiger partial charge >= 0.3 is 0 Å². The first-order valence-electron chi connectivity index (χ1n) is 6.41. The van der Waals surface area contributed by atoms with Gasteiger partial charge in [-0.2, -0.15) is 0 Å². The number of hydrogen-bond donors (Lipinski definition) is 2. The Morgan fingerprint density at radius 1 is 1.24 bits per heavy atom. The van der Waals surface area contributed by atoms with Crippen molar-refractivity contribution in [3.63, 3.8) is 0 Å². The minimum Gasteiger partial charge on any atom is -0.488 e. The summed E-state index contributed by atoms with van der Waals surface area (Å²) < 4.78 is 20.3. The Bertz CT molecular complexity index is 678. The average molecular weight is 351 g/mol. The number of nitrogens with two attached hydrogens (primary N) is 1. The summed E-state index contributed by atoms with van der Waals surface area (Å²) in [5, 5.41) is 7.47. The standard InChI is InChI=1S/C16H16BrFN2O/c1-9-5-11(16(19)20)6-10(2)15(9)21-8-12-7-13(17)3-4-14(12)18/h3-7H,8H2,1-2H3,(H3,19,20). The summed E-state index contributed by atoms with van der Waals surface area (Å²) in [6.07, 6.45) is 0. The van der Waals surface area contributed by atoms with Gasteiger partial charge in [-0.05, 0) is 55.3 Å². The van der Waals surface area contributed by atoms with Crippen LogP contribution in [0.15, 0.2) is 34.8 Å². The molecule has 110 valence electrons. The van der Waals surface area contributed by atoms with Crippen LogP contribution in [0.25, 0.3) is 0 Å². The zero-order chi connectivity index (χ0) is 15.6. The molecule has 0 atom stereocenters. The summed E-state index contributed by atoms with van der Waals surface area (Å²) in [6, 6.07) is 8.34. The Balaban J connectivity index is 2.24. The van der Waals surface area contributed by atoms with Gasteiger partial charge in [0.1, 0.15) is 24.0 Å². The molecule has 0 bridgehead atoms. The minimum absolute atomic E-state index is 0.0192. The van der Waals surface area contributed by atoms with Crippen molar-refractivity contribution in [3.8, 4) is 5.75 Å². The van der Waals surface area contributed by atoms with Crippen LogP contribution in [0.1, 0.15) is 22.3 Å². The maximum absolute atomic E-state index is 13.7. The van der Waals surface area contributed by atoms with Gasteiger partial charge in [-0.3, -0.25) is 5.41 Å². The lowest BCUT2D eigenvalue weighted by atomic mass is 10.1. The van der Waals surface area contributed by atoms with Crippen molar-refractivity contribution < 1.29 is 9.13 Å². The molecule has 2 aromatic carbocycles. The lowest BCUT2D eigenvalue weighted by molar-refractivity contribution is 0.295. The van der Waals surface area contributed by atoms with Gasteiger partial charge in [0.05, 0.1) is 0 Å². The average Bonchev–Trinajstić information content (AvgIpc) is 2.41. The highest BCUT2D eigenvalue weighted by Gasteiger charge is 2.10. The fourth-order valence-corrected chi connectivity index (χ4v) is 2.55. The number of nitrogen functional groups attached to an aromatic ring is 1. The normalized spacial score (nSPS) is 10.5. The molecular formula is C16H16BrFN2O. The molecule has 0 radical (unpaired) electrons. The van der Waals surface area contributed by atoms with Gasteiger partial charge in [-0.1, -0.05) is 15.9 Å². The smallest absolute Gasteiger partial charge is 0.129 e. The monoisotopic (exact) mass is 350 g/mol. The van der Waals surface area contributed by atoms with E-state index in [0.29, 0.717) is 16.9 Å². The highest BCUT2D eigenvalue weighted by molar-refractivity contribution is 9.10. The highest BCUT2D eigenvalue weighted by Crippen LogP contribution is 2.26. The number of benzene rings is 2. The van der Waals surface area contributed by atoms with Crippen LogP contribution in [0.2, 0.25) is 0 Å². The van der Waals surface area contributed by atoms with E-state index in [1.807, 2.05) is 13.8 Å². The zero-order valence-corrected chi connectivity index (χ0v) is 13.4. The topological polar surface area (TPSA) is 59.1 Å². The van der Waals surface area contributed by atoms with Crippen LogP contribution in [0.5, 0.6) is 5.75 Å². The summed E-state index contributed by atoms with van der Waals surface area (Å²) in [7, 11) is 0. The van der Waals surface area contributed by atoms with Crippen LogP contribution in [0, 0.1) is 25.1 Å². The number of amidine groups is 1. The number of nitrogens with one attached hydrogen (secondary N) is 1. The molecule has 0 saturated heterocycles. The van der Waals surface area contributed by atoms with Gasteiger partial charge in [-0.15, -0.1) is 0 Å². The first kappa shape index (κ1) is 15.5. The molecular weight excluding hydrogens is 335 g/mol. The second-order valence-electron chi connectivity index (χ2n) is 4.88. The van der Waals surface area contributed by atoms with Crippen LogP contribution in [0.3, 0.4) is 0 Å². The first-order valence-corrected chi connectivity index (χ1v) is 7.20. The van der Waals surface area contributed by atoms with Crippen molar-refractivity contribution in [2.24, 2.45) is 5.73 Å². The molecule has 2 aromatic rings. The van der Waals surface area contributed by atoms with E-state index in [1.54, 1.807) is 24.3 Å². The Morgan fingerprint density at radius 3 is 2.43 bits per heavy atom. The largest absolute Gasteiger partial charge is 0.488 e. The fraction of sp³-hybridized carbons (Fsp3) is 0.188. The van der Waals surface area contributed by atoms with Crippen LogP contribution in [-0.2, 0) is 6.61 Å². The van der Waals surface area contributed by atoms with Crippen molar-refractivity contribution in [1.29, 1.82) is 5.41 Å². The van der Waals surface area contributed by atoms with Crippen LogP contribution < -0.4 is 10.5 Å². The van der Waals surface area contributed by atoms with Gasteiger partial charge in [0.25, 0.3) is 0 Å². The zero-order valence-electron chi connectivity index (χ0n) is 11.8. The molecule has 3 nitrogen and oxygen atoms in total. The second kappa shape index (κ2) is 6.26. The summed E-state index contributed by atoms with van der Waals surface area (Å²) in [4.78, 5) is 0. The quantitative estimate of drug-likeness (QED) is 0.644. The summed E-state index contributed by atoms with van der Waals surface area (Å²) in [5.74, 6) is 0.416. The summed E-state index contributed by atoms with van der Waals surface area (Å²) >= 11 is 3.32. The number of rotatable bonds is 4. The number of halogens is 2. The molecule has 2 rings (SSSR count). The molecule has 5 heteroatoms. The number of hydrogen-bond acceptors (Lipinski definition) is 2. The molecule has 0 aliphatic carbocycles. The van der Waals surface area contributed by atoms with Crippen LogP contribution in [0.4, 0.5) is 4.39 Å². The summed E-state index contributed by atoms with van der Waals surface area (Å²) in [6.45, 7) is 3.91. The van der Waals surface area contributed by atoms with E-state index < -0.39 is 0 Å². The SMILES string of the molecule is Cc1cc(C(=N)N)cc(C)c1OCc1cc(Br)ccc1F. The van der Waals surface area contributed by atoms with E-state index in [4.69, 9.17) is 15.9 Å². The van der Waals surface area contributed by atoms with E-state index in [9.17, 15) is 4.39 Å². The molecule has 0 aromatic heterocycles. The minimum atomic E-state index is -0.297. The van der Waals surface area contributed by atoms with Crippen LogP contribution >= 0.6 is 15.9 Å². The van der Waals surface area contributed by atoms with Crippen molar-refractivity contribution >= 4 is 21.8 Å². The number of aryl methyl sites for hydroxylation is 2. The van der Waals surface area contributed by atoms with Crippen LogP contribution in [-0.4, -0.2) is 5.84 Å². The Morgan fingerprint density at radius 2 is 1.86 bits per heavy atom. The lowest BCUT2D eigenvalue weighted by Gasteiger charge is -2.14. The van der Waals surface area contributed by atoms with Gasteiger partial charge in [-0.25, -0.2) is 4.39 Å². The molecule has 0 spiro atoms. The Hall–Kier alpha value is -1.88. The van der Waals surface area contributed by atoms with E-state index in [2.05, 4.69) is 15.9 Å². The van der Waals surface area contributed by atoms with Crippen molar-refractivity contribution in [3.05, 3.63) is 62.9 Å². The predicted molar refractivity (Wildman–Crippen MR) is 85.4 cm³/mol. The Labute approximate surface area is 131 Å². The third-order valence-electron chi connectivity index (χ3n) is 3.15. The van der Waals surface area contributed by atoms with E-state index >= 15 is 0 Å². The van der Waals surface area contributed by atoms with E-state index in [1.165, 1.54) is 6.07 Å². The maximum atomic E-state index is 13.7. The molecule has 0 saturated carbocycles. The number of ether oxygens (including phenoxy) is 1. The second-order valence-corrected chi connectivity index (χ2v) is 5.79. The predicted octanol–water partition coefficient (Wildman–Crippen LogP) is 4.07. The molecule has 0 aliphatic heterocycles. The van der Waals surface area contributed by atoms with Crippen molar-refractivity contribution in [1.82, 2.24) is 0 Å². The lowest BCUT2D eigenvalue weighted by Crippen LogP contribution is -2.12.